The molecule has 0 radical (unpaired) electrons. The molecular formula is C18H18Cl2N2O2. The third kappa shape index (κ3) is 5.64. The number of hydrogen-bond donors (Lipinski definition) is 2. The summed E-state index contributed by atoms with van der Waals surface area (Å²) in [7, 11) is 0. The fraction of sp³-hybridized carbons (Fsp3) is 0.222. The number of amides is 1. The molecule has 0 unspecified atom stereocenters. The minimum absolute atomic E-state index is 0.0379. The molecule has 0 aliphatic heterocycles. The van der Waals surface area contributed by atoms with Gasteiger partial charge in [0.2, 0.25) is 5.91 Å². The summed E-state index contributed by atoms with van der Waals surface area (Å²) >= 11 is 12.0. The quantitative estimate of drug-likeness (QED) is 0.577. The van der Waals surface area contributed by atoms with Crippen molar-refractivity contribution in [3.8, 4) is 0 Å². The minimum atomic E-state index is -0.169. The van der Waals surface area contributed by atoms with Crippen LogP contribution >= 0.6 is 23.2 Å². The Kier molecular flexibility index (Phi) is 6.79. The lowest BCUT2D eigenvalue weighted by atomic mass is 10.1. The standard InChI is InChI=1S/C18H18Cl2N2O2/c1-12(23)14-3-2-4-16(9-14)22-18(24)11-21-8-7-13-5-6-15(19)10-17(13)20/h2-6,9-10,21H,7-8,11H2,1H3,(H,22,24). The van der Waals surface area contributed by atoms with Gasteiger partial charge in [-0.05, 0) is 49.7 Å². The van der Waals surface area contributed by atoms with Crippen LogP contribution in [-0.4, -0.2) is 24.8 Å². The lowest BCUT2D eigenvalue weighted by Gasteiger charge is -2.08. The van der Waals surface area contributed by atoms with Gasteiger partial charge in [-0.2, -0.15) is 0 Å². The Morgan fingerprint density at radius 3 is 2.58 bits per heavy atom. The number of anilines is 1. The molecule has 6 heteroatoms. The average molecular weight is 365 g/mol. The Morgan fingerprint density at radius 1 is 1.08 bits per heavy atom. The summed E-state index contributed by atoms with van der Waals surface area (Å²) in [5, 5.41) is 7.04. The van der Waals surface area contributed by atoms with Crippen molar-refractivity contribution in [2.75, 3.05) is 18.4 Å². The van der Waals surface area contributed by atoms with Gasteiger partial charge in [0, 0.05) is 21.3 Å². The van der Waals surface area contributed by atoms with E-state index in [2.05, 4.69) is 10.6 Å². The highest BCUT2D eigenvalue weighted by Crippen LogP contribution is 2.21. The summed E-state index contributed by atoms with van der Waals surface area (Å²) < 4.78 is 0. The fourth-order valence-electron chi connectivity index (χ4n) is 2.17. The number of halogens is 2. The molecule has 2 aromatic carbocycles. The van der Waals surface area contributed by atoms with Crippen molar-refractivity contribution >= 4 is 40.6 Å². The summed E-state index contributed by atoms with van der Waals surface area (Å²) in [6, 6.07) is 12.2. The zero-order valence-electron chi connectivity index (χ0n) is 13.2. The van der Waals surface area contributed by atoms with Gasteiger partial charge in [0.1, 0.15) is 0 Å². The smallest absolute Gasteiger partial charge is 0.238 e. The fourth-order valence-corrected chi connectivity index (χ4v) is 2.67. The predicted octanol–water partition coefficient (Wildman–Crippen LogP) is 3.97. The molecule has 2 aromatic rings. The van der Waals surface area contributed by atoms with Crippen molar-refractivity contribution in [3.05, 3.63) is 63.6 Å². The first-order valence-electron chi connectivity index (χ1n) is 7.51. The van der Waals surface area contributed by atoms with Crippen LogP contribution in [0, 0.1) is 0 Å². The molecule has 0 aromatic heterocycles. The topological polar surface area (TPSA) is 58.2 Å². The van der Waals surface area contributed by atoms with E-state index in [1.807, 2.05) is 6.07 Å². The molecule has 24 heavy (non-hydrogen) atoms. The zero-order valence-corrected chi connectivity index (χ0v) is 14.7. The number of rotatable bonds is 7. The monoisotopic (exact) mass is 364 g/mol. The van der Waals surface area contributed by atoms with Gasteiger partial charge in [-0.15, -0.1) is 0 Å². The highest BCUT2D eigenvalue weighted by molar-refractivity contribution is 6.35. The maximum absolute atomic E-state index is 11.9. The molecule has 0 spiro atoms. The van der Waals surface area contributed by atoms with Gasteiger partial charge in [-0.25, -0.2) is 0 Å². The third-order valence-electron chi connectivity index (χ3n) is 3.42. The van der Waals surface area contributed by atoms with Crippen molar-refractivity contribution in [2.45, 2.75) is 13.3 Å². The van der Waals surface area contributed by atoms with E-state index in [1.165, 1.54) is 6.92 Å². The van der Waals surface area contributed by atoms with Crippen molar-refractivity contribution in [3.63, 3.8) is 0 Å². The second-order valence-corrected chi connectivity index (χ2v) is 6.19. The van der Waals surface area contributed by atoms with Crippen LogP contribution in [0.4, 0.5) is 5.69 Å². The second kappa shape index (κ2) is 8.83. The first-order chi connectivity index (χ1) is 11.5. The number of ketones is 1. The molecule has 4 nitrogen and oxygen atoms in total. The highest BCUT2D eigenvalue weighted by Gasteiger charge is 2.05. The van der Waals surface area contributed by atoms with E-state index in [4.69, 9.17) is 23.2 Å². The van der Waals surface area contributed by atoms with Gasteiger partial charge in [0.15, 0.2) is 5.78 Å². The average Bonchev–Trinajstić information content (AvgIpc) is 2.53. The minimum Gasteiger partial charge on any atom is -0.325 e. The number of carbonyl (C=O) groups excluding carboxylic acids is 2. The molecule has 0 heterocycles. The Labute approximate surface area is 151 Å². The van der Waals surface area contributed by atoms with E-state index in [0.717, 1.165) is 5.56 Å². The molecule has 0 saturated heterocycles. The van der Waals surface area contributed by atoms with Gasteiger partial charge in [0.05, 0.1) is 6.54 Å². The van der Waals surface area contributed by atoms with Crippen LogP contribution in [0.25, 0.3) is 0 Å². The Morgan fingerprint density at radius 2 is 1.88 bits per heavy atom. The van der Waals surface area contributed by atoms with Crippen molar-refractivity contribution in [2.24, 2.45) is 0 Å². The summed E-state index contributed by atoms with van der Waals surface area (Å²) in [4.78, 5) is 23.2. The third-order valence-corrected chi connectivity index (χ3v) is 4.01. The molecule has 2 N–H and O–H groups in total. The van der Waals surface area contributed by atoms with Crippen LogP contribution < -0.4 is 10.6 Å². The van der Waals surface area contributed by atoms with Gasteiger partial charge in [-0.1, -0.05) is 41.4 Å². The Hall–Kier alpha value is -1.88. The van der Waals surface area contributed by atoms with Crippen molar-refractivity contribution < 1.29 is 9.59 Å². The molecule has 1 amide bonds. The van der Waals surface area contributed by atoms with Crippen LogP contribution in [0.3, 0.4) is 0 Å². The number of nitrogens with one attached hydrogen (secondary N) is 2. The SMILES string of the molecule is CC(=O)c1cccc(NC(=O)CNCCc2ccc(Cl)cc2Cl)c1. The second-order valence-electron chi connectivity index (χ2n) is 5.35. The van der Waals surface area contributed by atoms with Gasteiger partial charge >= 0.3 is 0 Å². The molecule has 0 bridgehead atoms. The lowest BCUT2D eigenvalue weighted by Crippen LogP contribution is -2.29. The van der Waals surface area contributed by atoms with Crippen LogP contribution in [-0.2, 0) is 11.2 Å². The van der Waals surface area contributed by atoms with Gasteiger partial charge in [-0.3, -0.25) is 9.59 Å². The Balaban J connectivity index is 1.77. The first kappa shape index (κ1) is 18.5. The zero-order chi connectivity index (χ0) is 17.5. The summed E-state index contributed by atoms with van der Waals surface area (Å²) in [5.74, 6) is -0.207. The largest absolute Gasteiger partial charge is 0.325 e. The van der Waals surface area contributed by atoms with E-state index in [9.17, 15) is 9.59 Å². The van der Waals surface area contributed by atoms with Crippen molar-refractivity contribution in [1.29, 1.82) is 0 Å². The maximum atomic E-state index is 11.9. The number of benzene rings is 2. The van der Waals surface area contributed by atoms with E-state index < -0.39 is 0 Å². The highest BCUT2D eigenvalue weighted by atomic mass is 35.5. The van der Waals surface area contributed by atoms with Crippen LogP contribution in [0.5, 0.6) is 0 Å². The number of Topliss-reactive ketones (excluding diaryl/α,β-unsaturated/α-hetero) is 1. The number of hydrogen-bond acceptors (Lipinski definition) is 3. The summed E-state index contributed by atoms with van der Waals surface area (Å²) in [6.45, 7) is 2.28. The van der Waals surface area contributed by atoms with Crippen LogP contribution in [0.15, 0.2) is 42.5 Å². The summed E-state index contributed by atoms with van der Waals surface area (Å²) in [5.41, 5.74) is 2.15. The predicted molar refractivity (Wildman–Crippen MR) is 98.1 cm³/mol. The molecule has 0 fully saturated rings. The molecule has 0 aliphatic carbocycles. The first-order valence-corrected chi connectivity index (χ1v) is 8.27. The van der Waals surface area contributed by atoms with Crippen molar-refractivity contribution in [1.82, 2.24) is 5.32 Å². The molecule has 0 aliphatic rings. The van der Waals surface area contributed by atoms with Crippen LogP contribution in [0.1, 0.15) is 22.8 Å². The molecule has 0 saturated carbocycles. The molecule has 2 rings (SSSR count). The Bertz CT molecular complexity index is 748. The molecule has 126 valence electrons. The lowest BCUT2D eigenvalue weighted by molar-refractivity contribution is -0.115. The van der Waals surface area contributed by atoms with Gasteiger partial charge in [0.25, 0.3) is 0 Å². The van der Waals surface area contributed by atoms with Crippen LogP contribution in [0.2, 0.25) is 10.0 Å². The van der Waals surface area contributed by atoms with E-state index in [0.29, 0.717) is 34.3 Å². The summed E-state index contributed by atoms with van der Waals surface area (Å²) in [6.07, 6.45) is 0.698. The van der Waals surface area contributed by atoms with E-state index in [-0.39, 0.29) is 18.2 Å². The van der Waals surface area contributed by atoms with E-state index >= 15 is 0 Å². The van der Waals surface area contributed by atoms with E-state index in [1.54, 1.807) is 36.4 Å². The maximum Gasteiger partial charge on any atom is 0.238 e. The molecule has 0 atom stereocenters. The number of carbonyl (C=O) groups is 2. The normalized spacial score (nSPS) is 10.5. The molecular weight excluding hydrogens is 347 g/mol. The van der Waals surface area contributed by atoms with Gasteiger partial charge < -0.3 is 10.6 Å².